The molecule has 0 amide bonds. The zero-order valence-corrected chi connectivity index (χ0v) is 14.3. The molecule has 1 fully saturated rings. The highest BCUT2D eigenvalue weighted by molar-refractivity contribution is 5.58. The van der Waals surface area contributed by atoms with Gasteiger partial charge >= 0.3 is 0 Å². The first-order valence-electron chi connectivity index (χ1n) is 8.85. The van der Waals surface area contributed by atoms with E-state index in [1.165, 1.54) is 12.1 Å². The van der Waals surface area contributed by atoms with Crippen LogP contribution in [0.3, 0.4) is 0 Å². The minimum absolute atomic E-state index is 0.235. The maximum absolute atomic E-state index is 13.1. The molecule has 1 unspecified atom stereocenters. The minimum atomic E-state index is -0.235. The van der Waals surface area contributed by atoms with Gasteiger partial charge in [-0.2, -0.15) is 0 Å². The van der Waals surface area contributed by atoms with Gasteiger partial charge in [0.15, 0.2) is 0 Å². The summed E-state index contributed by atoms with van der Waals surface area (Å²) in [5, 5.41) is 0. The van der Waals surface area contributed by atoms with Crippen LogP contribution in [0, 0.1) is 5.82 Å². The SMILES string of the molecule is O=COCCCCN1CCCC(c2nc(-c3ccc(F)cc3)c[nH]2)C1. The molecule has 0 radical (unpaired) electrons. The molecule has 0 aliphatic carbocycles. The van der Waals surface area contributed by atoms with Gasteiger partial charge in [-0.15, -0.1) is 0 Å². The molecular formula is C19H24FN3O2. The number of H-pyrrole nitrogens is 1. The summed E-state index contributed by atoms with van der Waals surface area (Å²) in [7, 11) is 0. The molecular weight excluding hydrogens is 321 g/mol. The number of imidazole rings is 1. The fourth-order valence-corrected chi connectivity index (χ4v) is 3.37. The van der Waals surface area contributed by atoms with Crippen molar-refractivity contribution in [2.24, 2.45) is 0 Å². The number of likely N-dealkylation sites (tertiary alicyclic amines) is 1. The Morgan fingerprint density at radius 3 is 2.96 bits per heavy atom. The van der Waals surface area contributed by atoms with Gasteiger partial charge in [-0.3, -0.25) is 4.79 Å². The van der Waals surface area contributed by atoms with Crippen molar-refractivity contribution in [3.8, 4) is 11.3 Å². The van der Waals surface area contributed by atoms with Crippen LogP contribution >= 0.6 is 0 Å². The number of carbonyl (C=O) groups is 1. The second-order valence-corrected chi connectivity index (χ2v) is 6.49. The molecule has 0 bridgehead atoms. The third-order valence-corrected chi connectivity index (χ3v) is 4.68. The van der Waals surface area contributed by atoms with Crippen LogP contribution in [0.2, 0.25) is 0 Å². The Bertz CT molecular complexity index is 672. The molecule has 2 heterocycles. The topological polar surface area (TPSA) is 58.2 Å². The van der Waals surface area contributed by atoms with E-state index < -0.39 is 0 Å². The quantitative estimate of drug-likeness (QED) is 0.589. The first kappa shape index (κ1) is 17.6. The van der Waals surface area contributed by atoms with Crippen molar-refractivity contribution in [2.45, 2.75) is 31.6 Å². The fourth-order valence-electron chi connectivity index (χ4n) is 3.37. The van der Waals surface area contributed by atoms with Gasteiger partial charge in [-0.1, -0.05) is 0 Å². The van der Waals surface area contributed by atoms with Crippen LogP contribution in [0.15, 0.2) is 30.5 Å². The number of unbranched alkanes of at least 4 members (excludes halogenated alkanes) is 1. The Morgan fingerprint density at radius 2 is 2.16 bits per heavy atom. The number of aromatic amines is 1. The Morgan fingerprint density at radius 1 is 1.32 bits per heavy atom. The van der Waals surface area contributed by atoms with Crippen LogP contribution in [0.1, 0.15) is 37.4 Å². The van der Waals surface area contributed by atoms with Gasteiger partial charge < -0.3 is 14.6 Å². The van der Waals surface area contributed by atoms with E-state index in [9.17, 15) is 9.18 Å². The molecule has 1 saturated heterocycles. The summed E-state index contributed by atoms with van der Waals surface area (Å²) in [6, 6.07) is 6.43. The summed E-state index contributed by atoms with van der Waals surface area (Å²) in [5.74, 6) is 1.17. The van der Waals surface area contributed by atoms with Crippen LogP contribution in [0.4, 0.5) is 4.39 Å². The molecule has 1 aromatic heterocycles. The number of benzene rings is 1. The maximum atomic E-state index is 13.1. The zero-order chi connectivity index (χ0) is 17.5. The average molecular weight is 345 g/mol. The number of hydrogen-bond donors (Lipinski definition) is 1. The maximum Gasteiger partial charge on any atom is 0.293 e. The molecule has 25 heavy (non-hydrogen) atoms. The van der Waals surface area contributed by atoms with E-state index in [4.69, 9.17) is 9.72 Å². The largest absolute Gasteiger partial charge is 0.468 e. The highest BCUT2D eigenvalue weighted by Crippen LogP contribution is 2.27. The third kappa shape index (κ3) is 4.89. The molecule has 0 saturated carbocycles. The Balaban J connectivity index is 1.54. The lowest BCUT2D eigenvalue weighted by molar-refractivity contribution is -0.128. The number of nitrogens with one attached hydrogen (secondary N) is 1. The lowest BCUT2D eigenvalue weighted by Gasteiger charge is -2.31. The highest BCUT2D eigenvalue weighted by atomic mass is 19.1. The van der Waals surface area contributed by atoms with E-state index in [2.05, 4.69) is 9.88 Å². The van der Waals surface area contributed by atoms with E-state index in [-0.39, 0.29) is 5.82 Å². The number of nitrogens with zero attached hydrogens (tertiary/aromatic N) is 2. The molecule has 1 aromatic carbocycles. The van der Waals surface area contributed by atoms with E-state index >= 15 is 0 Å². The van der Waals surface area contributed by atoms with Crippen molar-refractivity contribution in [1.82, 2.24) is 14.9 Å². The number of carbonyl (C=O) groups excluding carboxylic acids is 1. The lowest BCUT2D eigenvalue weighted by Crippen LogP contribution is -2.35. The first-order valence-corrected chi connectivity index (χ1v) is 8.85. The van der Waals surface area contributed by atoms with Gasteiger partial charge in [0.25, 0.3) is 6.47 Å². The predicted molar refractivity (Wildman–Crippen MR) is 93.6 cm³/mol. The monoisotopic (exact) mass is 345 g/mol. The molecule has 1 atom stereocenters. The smallest absolute Gasteiger partial charge is 0.293 e. The van der Waals surface area contributed by atoms with Crippen LogP contribution in [-0.2, 0) is 9.53 Å². The van der Waals surface area contributed by atoms with Gasteiger partial charge in [0.1, 0.15) is 11.6 Å². The number of halogens is 1. The van der Waals surface area contributed by atoms with Crippen molar-refractivity contribution < 1.29 is 13.9 Å². The zero-order valence-electron chi connectivity index (χ0n) is 14.3. The van der Waals surface area contributed by atoms with E-state index in [1.54, 1.807) is 12.1 Å². The second-order valence-electron chi connectivity index (χ2n) is 6.49. The molecule has 1 aliphatic rings. The van der Waals surface area contributed by atoms with Gasteiger partial charge in [0.05, 0.1) is 12.3 Å². The van der Waals surface area contributed by atoms with Crippen LogP contribution in [0.5, 0.6) is 0 Å². The molecule has 1 N–H and O–H groups in total. The molecule has 5 nitrogen and oxygen atoms in total. The van der Waals surface area contributed by atoms with Crippen LogP contribution < -0.4 is 0 Å². The minimum Gasteiger partial charge on any atom is -0.468 e. The van der Waals surface area contributed by atoms with Crippen molar-refractivity contribution in [3.05, 3.63) is 42.1 Å². The number of rotatable bonds is 8. The third-order valence-electron chi connectivity index (χ3n) is 4.68. The van der Waals surface area contributed by atoms with E-state index in [1.807, 2.05) is 6.20 Å². The average Bonchev–Trinajstić information content (AvgIpc) is 3.13. The molecule has 2 aromatic rings. The summed E-state index contributed by atoms with van der Waals surface area (Å²) in [4.78, 5) is 20.6. The van der Waals surface area contributed by atoms with Crippen molar-refractivity contribution in [2.75, 3.05) is 26.2 Å². The summed E-state index contributed by atoms with van der Waals surface area (Å²) in [6.07, 6.45) is 6.11. The standard InChI is InChI=1S/C19H24FN3O2/c20-17-7-5-15(6-8-17)18-12-21-19(22-18)16-4-3-10-23(13-16)9-1-2-11-25-14-24/h5-8,12,14,16H,1-4,9-11,13H2,(H,21,22). The van der Waals surface area contributed by atoms with Crippen molar-refractivity contribution in [3.63, 3.8) is 0 Å². The fraction of sp³-hybridized carbons (Fsp3) is 0.474. The Kier molecular flexibility index (Phi) is 6.17. The summed E-state index contributed by atoms with van der Waals surface area (Å²) < 4.78 is 17.8. The van der Waals surface area contributed by atoms with Crippen LogP contribution in [0.25, 0.3) is 11.3 Å². The lowest BCUT2D eigenvalue weighted by atomic mass is 9.97. The van der Waals surface area contributed by atoms with Gasteiger partial charge in [-0.25, -0.2) is 9.37 Å². The summed E-state index contributed by atoms with van der Waals surface area (Å²) in [5.41, 5.74) is 1.78. The predicted octanol–water partition coefficient (Wildman–Crippen LogP) is 3.35. The number of hydrogen-bond acceptors (Lipinski definition) is 4. The normalized spacial score (nSPS) is 18.2. The first-order chi connectivity index (χ1) is 12.3. The molecule has 6 heteroatoms. The summed E-state index contributed by atoms with van der Waals surface area (Å²) in [6.45, 7) is 4.12. The molecule has 134 valence electrons. The number of aromatic nitrogens is 2. The van der Waals surface area contributed by atoms with Gasteiger partial charge in [0.2, 0.25) is 0 Å². The second kappa shape index (κ2) is 8.76. The van der Waals surface area contributed by atoms with E-state index in [0.29, 0.717) is 19.0 Å². The Hall–Kier alpha value is -2.21. The highest BCUT2D eigenvalue weighted by Gasteiger charge is 2.23. The molecule has 1 aliphatic heterocycles. The molecule has 3 rings (SSSR count). The molecule has 0 spiro atoms. The van der Waals surface area contributed by atoms with E-state index in [0.717, 1.165) is 62.4 Å². The number of ether oxygens (including phenoxy) is 1. The van der Waals surface area contributed by atoms with Crippen LogP contribution in [-0.4, -0.2) is 47.6 Å². The van der Waals surface area contributed by atoms with Gasteiger partial charge in [0, 0.05) is 24.2 Å². The van der Waals surface area contributed by atoms with Crippen molar-refractivity contribution >= 4 is 6.47 Å². The summed E-state index contributed by atoms with van der Waals surface area (Å²) >= 11 is 0. The number of piperidine rings is 1. The Labute approximate surface area is 147 Å². The van der Waals surface area contributed by atoms with Crippen molar-refractivity contribution in [1.29, 1.82) is 0 Å². The van der Waals surface area contributed by atoms with Gasteiger partial charge in [-0.05, 0) is 63.0 Å².